The summed E-state index contributed by atoms with van der Waals surface area (Å²) in [7, 11) is 0. The van der Waals surface area contributed by atoms with Crippen molar-refractivity contribution in [3.63, 3.8) is 0 Å². The van der Waals surface area contributed by atoms with Gasteiger partial charge in [-0.2, -0.15) is 0 Å². The van der Waals surface area contributed by atoms with Crippen LogP contribution in [-0.4, -0.2) is 24.5 Å². The van der Waals surface area contributed by atoms with E-state index in [1.54, 1.807) is 29.2 Å². The molecule has 1 atom stereocenters. The van der Waals surface area contributed by atoms with Crippen molar-refractivity contribution in [1.29, 1.82) is 0 Å². The van der Waals surface area contributed by atoms with Crippen molar-refractivity contribution >= 4 is 39.2 Å². The first-order valence-electron chi connectivity index (χ1n) is 7.43. The fourth-order valence-corrected chi connectivity index (χ4v) is 2.81. The minimum Gasteiger partial charge on any atom is -0.326 e. The van der Waals surface area contributed by atoms with Crippen LogP contribution in [0.5, 0.6) is 0 Å². The van der Waals surface area contributed by atoms with Crippen LogP contribution in [0.1, 0.15) is 6.42 Å². The van der Waals surface area contributed by atoms with Crippen molar-refractivity contribution in [2.24, 2.45) is 0 Å². The predicted octanol–water partition coefficient (Wildman–Crippen LogP) is 3.52. The van der Waals surface area contributed by atoms with E-state index in [4.69, 9.17) is 0 Å². The van der Waals surface area contributed by atoms with Crippen LogP contribution in [0.25, 0.3) is 0 Å². The summed E-state index contributed by atoms with van der Waals surface area (Å²) in [4.78, 5) is 26.0. The Balaban J connectivity index is 1.60. The highest BCUT2D eigenvalue weighted by molar-refractivity contribution is 9.10. The molecule has 0 aromatic heterocycles. The third-order valence-electron chi connectivity index (χ3n) is 3.75. The summed E-state index contributed by atoms with van der Waals surface area (Å²) in [5.41, 5.74) is 1.26. The van der Waals surface area contributed by atoms with Crippen LogP contribution >= 0.6 is 15.9 Å². The van der Waals surface area contributed by atoms with Gasteiger partial charge in [-0.3, -0.25) is 4.79 Å². The quantitative estimate of drug-likeness (QED) is 0.840. The Labute approximate surface area is 147 Å². The van der Waals surface area contributed by atoms with Gasteiger partial charge in [-0.1, -0.05) is 15.9 Å². The molecule has 0 aliphatic carbocycles. The maximum Gasteiger partial charge on any atom is 0.319 e. The molecule has 0 unspecified atom stereocenters. The lowest BCUT2D eigenvalue weighted by Crippen LogP contribution is -2.43. The first-order valence-corrected chi connectivity index (χ1v) is 8.22. The van der Waals surface area contributed by atoms with Crippen LogP contribution in [0, 0.1) is 5.82 Å². The molecule has 0 saturated carbocycles. The Morgan fingerprint density at radius 1 is 1.12 bits per heavy atom. The molecule has 3 amide bonds. The van der Waals surface area contributed by atoms with Gasteiger partial charge in [0, 0.05) is 22.4 Å². The molecule has 1 heterocycles. The van der Waals surface area contributed by atoms with E-state index in [2.05, 4.69) is 26.6 Å². The molecule has 2 N–H and O–H groups in total. The average Bonchev–Trinajstić information content (AvgIpc) is 2.91. The molecule has 3 rings (SSSR count). The summed E-state index contributed by atoms with van der Waals surface area (Å²) in [5.74, 6) is -0.554. The lowest BCUT2D eigenvalue weighted by atomic mass is 10.2. The largest absolute Gasteiger partial charge is 0.326 e. The fraction of sp³-hybridized carbons (Fsp3) is 0.176. The Morgan fingerprint density at radius 3 is 2.46 bits per heavy atom. The lowest BCUT2D eigenvalue weighted by Gasteiger charge is -2.17. The number of benzene rings is 2. The molecule has 0 spiro atoms. The molecule has 1 fully saturated rings. The molecule has 5 nitrogen and oxygen atoms in total. The van der Waals surface area contributed by atoms with Gasteiger partial charge in [-0.15, -0.1) is 0 Å². The first kappa shape index (κ1) is 16.4. The van der Waals surface area contributed by atoms with E-state index in [1.807, 2.05) is 12.1 Å². The monoisotopic (exact) mass is 391 g/mol. The number of carbonyl (C=O) groups excluding carboxylic acids is 2. The van der Waals surface area contributed by atoms with Gasteiger partial charge < -0.3 is 15.5 Å². The smallest absolute Gasteiger partial charge is 0.319 e. The van der Waals surface area contributed by atoms with Crippen LogP contribution in [0.3, 0.4) is 0 Å². The van der Waals surface area contributed by atoms with Crippen molar-refractivity contribution in [1.82, 2.24) is 5.32 Å². The van der Waals surface area contributed by atoms with Crippen molar-refractivity contribution in [2.45, 2.75) is 12.5 Å². The Morgan fingerprint density at radius 2 is 1.79 bits per heavy atom. The second-order valence-electron chi connectivity index (χ2n) is 5.41. The molecule has 1 aliphatic rings. The van der Waals surface area contributed by atoms with Gasteiger partial charge in [0.05, 0.1) is 0 Å². The van der Waals surface area contributed by atoms with Crippen LogP contribution in [0.2, 0.25) is 0 Å². The van der Waals surface area contributed by atoms with E-state index in [1.165, 1.54) is 12.1 Å². The summed E-state index contributed by atoms with van der Waals surface area (Å²) in [6, 6.07) is 11.8. The highest BCUT2D eigenvalue weighted by Crippen LogP contribution is 2.22. The molecule has 2 aromatic rings. The molecular formula is C17H15BrFN3O2. The second-order valence-corrected chi connectivity index (χ2v) is 6.33. The zero-order valence-corrected chi connectivity index (χ0v) is 14.2. The molecule has 1 saturated heterocycles. The van der Waals surface area contributed by atoms with E-state index in [9.17, 15) is 14.0 Å². The molecule has 24 heavy (non-hydrogen) atoms. The van der Waals surface area contributed by atoms with Gasteiger partial charge in [0.2, 0.25) is 5.91 Å². The van der Waals surface area contributed by atoms with Gasteiger partial charge in [0.15, 0.2) is 0 Å². The maximum atomic E-state index is 13.0. The molecule has 2 aromatic carbocycles. The van der Waals surface area contributed by atoms with Crippen LogP contribution < -0.4 is 15.5 Å². The number of hydrogen-bond donors (Lipinski definition) is 2. The Bertz CT molecular complexity index is 749. The number of halogens is 2. The number of nitrogens with zero attached hydrogens (tertiary/aromatic N) is 1. The third-order valence-corrected chi connectivity index (χ3v) is 4.28. The minimum absolute atomic E-state index is 0.201. The zero-order valence-electron chi connectivity index (χ0n) is 12.6. The summed E-state index contributed by atoms with van der Waals surface area (Å²) in [5, 5.41) is 5.36. The number of hydrogen-bond acceptors (Lipinski definition) is 2. The molecule has 0 radical (unpaired) electrons. The summed E-state index contributed by atoms with van der Waals surface area (Å²) < 4.78 is 13.9. The van der Waals surface area contributed by atoms with Gasteiger partial charge in [-0.05, 0) is 55.0 Å². The van der Waals surface area contributed by atoms with E-state index in [0.29, 0.717) is 24.3 Å². The highest BCUT2D eigenvalue weighted by Gasteiger charge is 2.33. The van der Waals surface area contributed by atoms with Crippen molar-refractivity contribution in [2.75, 3.05) is 16.8 Å². The average molecular weight is 392 g/mol. The fourth-order valence-electron chi connectivity index (χ4n) is 2.55. The summed E-state index contributed by atoms with van der Waals surface area (Å²) in [6.07, 6.45) is 0.504. The van der Waals surface area contributed by atoms with E-state index in [-0.39, 0.29) is 11.7 Å². The van der Waals surface area contributed by atoms with Crippen LogP contribution in [0.15, 0.2) is 53.0 Å². The number of carbonyl (C=O) groups is 2. The number of urea groups is 1. The normalized spacial score (nSPS) is 17.0. The number of amides is 3. The Hall–Kier alpha value is -2.41. The molecule has 1 aliphatic heterocycles. The number of rotatable bonds is 3. The van der Waals surface area contributed by atoms with Gasteiger partial charge in [0.1, 0.15) is 11.9 Å². The van der Waals surface area contributed by atoms with Crippen LogP contribution in [0.4, 0.5) is 20.6 Å². The minimum atomic E-state index is -0.592. The lowest BCUT2D eigenvalue weighted by molar-refractivity contribution is -0.118. The van der Waals surface area contributed by atoms with E-state index >= 15 is 0 Å². The predicted molar refractivity (Wildman–Crippen MR) is 93.5 cm³/mol. The van der Waals surface area contributed by atoms with Gasteiger partial charge in [-0.25, -0.2) is 9.18 Å². The summed E-state index contributed by atoms with van der Waals surface area (Å²) >= 11 is 3.32. The maximum absolute atomic E-state index is 13.0. The summed E-state index contributed by atoms with van der Waals surface area (Å²) in [6.45, 7) is 0.480. The molecule has 124 valence electrons. The van der Waals surface area contributed by atoms with Gasteiger partial charge >= 0.3 is 6.03 Å². The van der Waals surface area contributed by atoms with Crippen molar-refractivity contribution < 1.29 is 14.0 Å². The number of nitrogens with one attached hydrogen (secondary N) is 2. The topological polar surface area (TPSA) is 61.4 Å². The van der Waals surface area contributed by atoms with Gasteiger partial charge in [0.25, 0.3) is 0 Å². The zero-order chi connectivity index (χ0) is 17.1. The molecular weight excluding hydrogens is 377 g/mol. The highest BCUT2D eigenvalue weighted by atomic mass is 79.9. The van der Waals surface area contributed by atoms with E-state index < -0.39 is 12.1 Å². The Kier molecular flexibility index (Phi) is 4.80. The standard InChI is InChI=1S/C17H15BrFN3O2/c18-11-1-5-13(6-2-11)20-17(24)21-15-9-10-22(16(15)23)14-7-3-12(19)4-8-14/h1-8,15H,9-10H2,(H2,20,21,24)/t15-/m1/s1. The third kappa shape index (κ3) is 3.73. The first-order chi connectivity index (χ1) is 11.5. The van der Waals surface area contributed by atoms with Crippen LogP contribution in [-0.2, 0) is 4.79 Å². The van der Waals surface area contributed by atoms with Crippen molar-refractivity contribution in [3.05, 3.63) is 58.8 Å². The van der Waals surface area contributed by atoms with E-state index in [0.717, 1.165) is 4.47 Å². The number of anilines is 2. The van der Waals surface area contributed by atoms with Crippen molar-refractivity contribution in [3.8, 4) is 0 Å². The SMILES string of the molecule is O=C(Nc1ccc(Br)cc1)N[C@@H]1CCN(c2ccc(F)cc2)C1=O. The molecule has 7 heteroatoms. The molecule has 0 bridgehead atoms. The second kappa shape index (κ2) is 7.00.